The summed E-state index contributed by atoms with van der Waals surface area (Å²) in [6.45, 7) is 8.70. The Kier molecular flexibility index (Phi) is 4.46. The van der Waals surface area contributed by atoms with Crippen LogP contribution in [0.3, 0.4) is 0 Å². The highest BCUT2D eigenvalue weighted by Gasteiger charge is 2.24. The van der Waals surface area contributed by atoms with Crippen molar-refractivity contribution in [2.24, 2.45) is 0 Å². The van der Waals surface area contributed by atoms with Gasteiger partial charge in [-0.2, -0.15) is 0 Å². The van der Waals surface area contributed by atoms with E-state index in [-0.39, 0.29) is 5.41 Å². The first-order valence-corrected chi connectivity index (χ1v) is 7.64. The van der Waals surface area contributed by atoms with Gasteiger partial charge in [-0.25, -0.2) is 0 Å². The van der Waals surface area contributed by atoms with Crippen LogP contribution in [0.25, 0.3) is 0 Å². The van der Waals surface area contributed by atoms with Gasteiger partial charge in [-0.1, -0.05) is 75.2 Å². The summed E-state index contributed by atoms with van der Waals surface area (Å²) in [5.74, 6) is 0.436. The van der Waals surface area contributed by atoms with Crippen molar-refractivity contribution < 1.29 is 0 Å². The molecule has 0 aromatic heterocycles. The molecule has 0 radical (unpaired) electrons. The largest absolute Gasteiger partial charge is 0.0843 e. The van der Waals surface area contributed by atoms with E-state index in [1.165, 1.54) is 16.7 Å². The number of hydrogen-bond acceptors (Lipinski definition) is 0. The maximum absolute atomic E-state index is 6.42. The second-order valence-corrected chi connectivity index (χ2v) is 6.87. The molecule has 0 spiro atoms. The second kappa shape index (κ2) is 5.79. The summed E-state index contributed by atoms with van der Waals surface area (Å²) < 4.78 is 0. The summed E-state index contributed by atoms with van der Waals surface area (Å²) in [5.41, 5.74) is 3.47. The first kappa shape index (κ1) is 15.4. The smallest absolute Gasteiger partial charge is 0.0443 e. The lowest BCUT2D eigenvalue weighted by Gasteiger charge is -2.27. The Bertz CT molecular complexity index is 613. The Hall–Kier alpha value is -0.980. The lowest BCUT2D eigenvalue weighted by atomic mass is 9.77. The van der Waals surface area contributed by atoms with E-state index in [1.807, 2.05) is 18.2 Å². The number of halogens is 2. The van der Waals surface area contributed by atoms with Gasteiger partial charge in [-0.05, 0) is 40.8 Å². The molecular formula is C18H20Cl2. The number of hydrogen-bond donors (Lipinski definition) is 0. The predicted octanol–water partition coefficient (Wildman–Crippen LogP) is 6.44. The van der Waals surface area contributed by atoms with Crippen molar-refractivity contribution in [2.45, 2.75) is 39.0 Å². The molecule has 0 aliphatic rings. The van der Waals surface area contributed by atoms with Crippen LogP contribution in [0.4, 0.5) is 0 Å². The second-order valence-electron chi connectivity index (χ2n) is 6.03. The normalized spacial score (nSPS) is 11.9. The molecule has 0 bridgehead atoms. The Labute approximate surface area is 131 Å². The molecule has 0 N–H and O–H groups in total. The summed E-state index contributed by atoms with van der Waals surface area (Å²) in [6, 6.07) is 14.4. The van der Waals surface area contributed by atoms with Gasteiger partial charge in [-0.3, -0.25) is 0 Å². The molecule has 106 valence electrons. The molecule has 0 atom stereocenters. The summed E-state index contributed by atoms with van der Waals surface area (Å²) in [7, 11) is 0. The molecule has 2 heteroatoms. The standard InChI is InChI=1S/C18H20Cl2/c1-12(2)16-9-8-14(11-17(16)20)18(3,4)13-6-5-7-15(19)10-13/h5-12H,1-4H3. The molecule has 0 saturated carbocycles. The van der Waals surface area contributed by atoms with Crippen molar-refractivity contribution in [3.8, 4) is 0 Å². The van der Waals surface area contributed by atoms with Crippen LogP contribution in [-0.2, 0) is 5.41 Å². The minimum atomic E-state index is -0.121. The maximum atomic E-state index is 6.42. The third-order valence-corrected chi connectivity index (χ3v) is 4.45. The zero-order valence-electron chi connectivity index (χ0n) is 12.4. The Morgan fingerprint density at radius 1 is 0.900 bits per heavy atom. The van der Waals surface area contributed by atoms with Crippen LogP contribution in [-0.4, -0.2) is 0 Å². The fourth-order valence-corrected chi connectivity index (χ4v) is 3.02. The van der Waals surface area contributed by atoms with Crippen molar-refractivity contribution in [2.75, 3.05) is 0 Å². The average Bonchev–Trinajstić information content (AvgIpc) is 2.38. The van der Waals surface area contributed by atoms with Gasteiger partial charge >= 0.3 is 0 Å². The summed E-state index contributed by atoms with van der Waals surface area (Å²) >= 11 is 12.5. The molecule has 20 heavy (non-hydrogen) atoms. The van der Waals surface area contributed by atoms with Gasteiger partial charge in [0.2, 0.25) is 0 Å². The number of benzene rings is 2. The third kappa shape index (κ3) is 3.02. The maximum Gasteiger partial charge on any atom is 0.0443 e. The van der Waals surface area contributed by atoms with Gasteiger partial charge in [0, 0.05) is 15.5 Å². The van der Waals surface area contributed by atoms with Crippen molar-refractivity contribution in [3.63, 3.8) is 0 Å². The Morgan fingerprint density at radius 2 is 1.55 bits per heavy atom. The highest BCUT2D eigenvalue weighted by molar-refractivity contribution is 6.31. The van der Waals surface area contributed by atoms with Crippen molar-refractivity contribution in [3.05, 3.63) is 69.2 Å². The highest BCUT2D eigenvalue weighted by Crippen LogP contribution is 2.36. The number of rotatable bonds is 3. The Balaban J connectivity index is 2.47. The van der Waals surface area contributed by atoms with Crippen molar-refractivity contribution in [1.29, 1.82) is 0 Å². The highest BCUT2D eigenvalue weighted by atomic mass is 35.5. The molecule has 2 rings (SSSR count). The van der Waals surface area contributed by atoms with E-state index >= 15 is 0 Å². The van der Waals surface area contributed by atoms with Gasteiger partial charge in [-0.15, -0.1) is 0 Å². The van der Waals surface area contributed by atoms with Crippen LogP contribution >= 0.6 is 23.2 Å². The first-order valence-electron chi connectivity index (χ1n) is 6.88. The van der Waals surface area contributed by atoms with Crippen LogP contribution in [0, 0.1) is 0 Å². The minimum absolute atomic E-state index is 0.121. The Morgan fingerprint density at radius 3 is 2.10 bits per heavy atom. The molecule has 0 aliphatic heterocycles. The molecule has 2 aromatic rings. The SMILES string of the molecule is CC(C)c1ccc(C(C)(C)c2cccc(Cl)c2)cc1Cl. The van der Waals surface area contributed by atoms with E-state index in [1.54, 1.807) is 0 Å². The zero-order chi connectivity index (χ0) is 14.9. The predicted molar refractivity (Wildman–Crippen MR) is 89.1 cm³/mol. The molecule has 0 nitrogen and oxygen atoms in total. The molecule has 0 aliphatic carbocycles. The zero-order valence-corrected chi connectivity index (χ0v) is 13.9. The van der Waals surface area contributed by atoms with Crippen LogP contribution < -0.4 is 0 Å². The quantitative estimate of drug-likeness (QED) is 0.612. The molecule has 0 unspecified atom stereocenters. The molecule has 0 amide bonds. The van der Waals surface area contributed by atoms with Crippen molar-refractivity contribution in [1.82, 2.24) is 0 Å². The topological polar surface area (TPSA) is 0 Å². The fourth-order valence-electron chi connectivity index (χ4n) is 2.43. The van der Waals surface area contributed by atoms with Crippen LogP contribution in [0.2, 0.25) is 10.0 Å². The lowest BCUT2D eigenvalue weighted by Crippen LogP contribution is -2.19. The van der Waals surface area contributed by atoms with E-state index in [2.05, 4.69) is 52.0 Å². The lowest BCUT2D eigenvalue weighted by molar-refractivity contribution is 0.640. The average molecular weight is 307 g/mol. The minimum Gasteiger partial charge on any atom is -0.0843 e. The van der Waals surface area contributed by atoms with Crippen LogP contribution in [0.15, 0.2) is 42.5 Å². The van der Waals surface area contributed by atoms with E-state index in [9.17, 15) is 0 Å². The molecule has 0 heterocycles. The van der Waals surface area contributed by atoms with Crippen LogP contribution in [0.1, 0.15) is 50.3 Å². The first-order chi connectivity index (χ1) is 9.32. The van der Waals surface area contributed by atoms with Gasteiger partial charge in [0.25, 0.3) is 0 Å². The third-order valence-electron chi connectivity index (χ3n) is 3.89. The van der Waals surface area contributed by atoms with E-state index in [0.717, 1.165) is 10.0 Å². The van der Waals surface area contributed by atoms with Gasteiger partial charge < -0.3 is 0 Å². The molecule has 2 aromatic carbocycles. The monoisotopic (exact) mass is 306 g/mol. The molecular weight excluding hydrogens is 287 g/mol. The summed E-state index contributed by atoms with van der Waals surface area (Å²) in [4.78, 5) is 0. The molecule has 0 saturated heterocycles. The van der Waals surface area contributed by atoms with Gasteiger partial charge in [0.1, 0.15) is 0 Å². The van der Waals surface area contributed by atoms with E-state index in [0.29, 0.717) is 5.92 Å². The summed E-state index contributed by atoms with van der Waals surface area (Å²) in [5, 5.41) is 1.60. The van der Waals surface area contributed by atoms with Crippen molar-refractivity contribution >= 4 is 23.2 Å². The van der Waals surface area contributed by atoms with E-state index < -0.39 is 0 Å². The summed E-state index contributed by atoms with van der Waals surface area (Å²) in [6.07, 6.45) is 0. The fraction of sp³-hybridized carbons (Fsp3) is 0.333. The van der Waals surface area contributed by atoms with E-state index in [4.69, 9.17) is 23.2 Å². The van der Waals surface area contributed by atoms with Gasteiger partial charge in [0.05, 0.1) is 0 Å². The molecule has 0 fully saturated rings. The van der Waals surface area contributed by atoms with Crippen LogP contribution in [0.5, 0.6) is 0 Å². The van der Waals surface area contributed by atoms with Gasteiger partial charge in [0.15, 0.2) is 0 Å².